The molecule has 2 amide bonds. The molecule has 0 saturated carbocycles. The first-order valence-corrected chi connectivity index (χ1v) is 5.48. The molecule has 1 rings (SSSR count). The van der Waals surface area contributed by atoms with E-state index in [4.69, 9.17) is 0 Å². The van der Waals surface area contributed by atoms with Crippen molar-refractivity contribution in [1.29, 1.82) is 0 Å². The summed E-state index contributed by atoms with van der Waals surface area (Å²) in [6.07, 6.45) is -10.3. The van der Waals surface area contributed by atoms with E-state index < -0.39 is 36.3 Å². The minimum Gasteiger partial charge on any atom is -0.343 e. The van der Waals surface area contributed by atoms with Crippen molar-refractivity contribution in [3.05, 3.63) is 0 Å². The predicted octanol–water partition coefficient (Wildman–Crippen LogP) is 0.0739. The van der Waals surface area contributed by atoms with Gasteiger partial charge in [-0.15, -0.1) is 0 Å². The summed E-state index contributed by atoms with van der Waals surface area (Å²) < 4.78 is 72.5. The molecule has 5 nitrogen and oxygen atoms in total. The Morgan fingerprint density at radius 2 is 1.35 bits per heavy atom. The quantitative estimate of drug-likeness (QED) is 0.633. The van der Waals surface area contributed by atoms with E-state index in [2.05, 4.69) is 5.32 Å². The summed E-state index contributed by atoms with van der Waals surface area (Å²) in [6.45, 7) is 0.0335. The van der Waals surface area contributed by atoms with Crippen molar-refractivity contribution >= 4 is 11.8 Å². The van der Waals surface area contributed by atoms with Crippen molar-refractivity contribution in [2.45, 2.75) is 30.9 Å². The van der Waals surface area contributed by atoms with Crippen molar-refractivity contribution in [3.8, 4) is 0 Å². The van der Waals surface area contributed by atoms with Crippen molar-refractivity contribution in [1.82, 2.24) is 16.0 Å². The second kappa shape index (κ2) is 5.85. The molecule has 0 aromatic rings. The van der Waals surface area contributed by atoms with E-state index in [1.807, 2.05) is 0 Å². The van der Waals surface area contributed by atoms with Gasteiger partial charge in [0.15, 0.2) is 0 Å². The van der Waals surface area contributed by atoms with Gasteiger partial charge in [-0.25, -0.2) is 0 Å². The average Bonchev–Trinajstić information content (AvgIpc) is 2.29. The smallest absolute Gasteiger partial charge is 0.343 e. The zero-order valence-electron chi connectivity index (χ0n) is 9.86. The largest absolute Gasteiger partial charge is 0.471 e. The fraction of sp³-hybridized carbons (Fsp3) is 0.778. The number of rotatable bonds is 2. The monoisotopic (exact) mass is 307 g/mol. The first kappa shape index (κ1) is 16.5. The minimum absolute atomic E-state index is 0.0371. The Morgan fingerprint density at radius 3 is 1.80 bits per heavy atom. The van der Waals surface area contributed by atoms with E-state index >= 15 is 0 Å². The van der Waals surface area contributed by atoms with Gasteiger partial charge in [-0.3, -0.25) is 9.59 Å². The van der Waals surface area contributed by atoms with Crippen LogP contribution >= 0.6 is 0 Å². The van der Waals surface area contributed by atoms with Crippen LogP contribution < -0.4 is 16.0 Å². The number of halogens is 6. The van der Waals surface area contributed by atoms with Crippen LogP contribution in [0.25, 0.3) is 0 Å². The zero-order chi connectivity index (χ0) is 15.6. The van der Waals surface area contributed by atoms with Gasteiger partial charge in [0.1, 0.15) is 0 Å². The van der Waals surface area contributed by atoms with Crippen LogP contribution in [0.1, 0.15) is 6.42 Å². The van der Waals surface area contributed by atoms with Crippen molar-refractivity contribution in [3.63, 3.8) is 0 Å². The van der Waals surface area contributed by atoms with E-state index in [9.17, 15) is 35.9 Å². The molecule has 3 N–H and O–H groups in total. The molecule has 0 spiro atoms. The lowest BCUT2D eigenvalue weighted by Gasteiger charge is -2.33. The maximum absolute atomic E-state index is 12.1. The van der Waals surface area contributed by atoms with Crippen LogP contribution in [0.3, 0.4) is 0 Å². The van der Waals surface area contributed by atoms with E-state index in [0.717, 1.165) is 0 Å². The Hall–Kier alpha value is -1.52. The Labute approximate surface area is 109 Å². The van der Waals surface area contributed by atoms with Crippen LogP contribution in [0, 0.1) is 0 Å². The maximum atomic E-state index is 12.1. The second-order valence-electron chi connectivity index (χ2n) is 4.15. The molecule has 0 aromatic heterocycles. The van der Waals surface area contributed by atoms with E-state index in [1.165, 1.54) is 0 Å². The lowest BCUT2D eigenvalue weighted by molar-refractivity contribution is -0.176. The number of piperidine rings is 1. The summed E-state index contributed by atoms with van der Waals surface area (Å²) in [7, 11) is 0. The standard InChI is InChI=1S/C9H11F6N3O2/c10-8(11,12)6(19)17-4-1-2-16-3-5(4)18-7(20)9(13,14)15/h4-5,16H,1-3H2,(H,17,19)(H,18,20). The summed E-state index contributed by atoms with van der Waals surface area (Å²) in [5.41, 5.74) is 0. The number of alkyl halides is 6. The van der Waals surface area contributed by atoms with Crippen molar-refractivity contribution in [2.24, 2.45) is 0 Å². The van der Waals surface area contributed by atoms with Crippen LogP contribution in [-0.2, 0) is 9.59 Å². The van der Waals surface area contributed by atoms with Crippen LogP contribution in [0.2, 0.25) is 0 Å². The van der Waals surface area contributed by atoms with Crippen molar-refractivity contribution < 1.29 is 35.9 Å². The number of hydrogen-bond acceptors (Lipinski definition) is 3. The molecule has 0 radical (unpaired) electrons. The van der Waals surface area contributed by atoms with Gasteiger partial charge in [-0.05, 0) is 13.0 Å². The van der Waals surface area contributed by atoms with E-state index in [1.54, 1.807) is 10.6 Å². The number of carbonyl (C=O) groups excluding carboxylic acids is 2. The summed E-state index contributed by atoms with van der Waals surface area (Å²) in [4.78, 5) is 21.5. The van der Waals surface area contributed by atoms with Crippen LogP contribution in [0.15, 0.2) is 0 Å². The molecular weight excluding hydrogens is 296 g/mol. The van der Waals surface area contributed by atoms with Gasteiger partial charge in [-0.1, -0.05) is 0 Å². The third-order valence-electron chi connectivity index (χ3n) is 2.63. The van der Waals surface area contributed by atoms with Crippen LogP contribution in [0.4, 0.5) is 26.3 Å². The van der Waals surface area contributed by atoms with Crippen LogP contribution in [-0.4, -0.2) is 49.3 Å². The van der Waals surface area contributed by atoms with Gasteiger partial charge in [0.25, 0.3) is 0 Å². The first-order chi connectivity index (χ1) is 9.01. The zero-order valence-corrected chi connectivity index (χ0v) is 9.86. The Kier molecular flexibility index (Phi) is 4.84. The van der Waals surface area contributed by atoms with Gasteiger partial charge in [0.2, 0.25) is 0 Å². The molecule has 0 bridgehead atoms. The molecule has 20 heavy (non-hydrogen) atoms. The fourth-order valence-corrected chi connectivity index (χ4v) is 1.68. The fourth-order valence-electron chi connectivity index (χ4n) is 1.68. The molecular formula is C9H11F6N3O2. The normalized spacial score (nSPS) is 24.1. The SMILES string of the molecule is O=C(NC1CCNCC1NC(=O)C(F)(F)F)C(F)(F)F. The molecule has 1 heterocycles. The van der Waals surface area contributed by atoms with Gasteiger partial charge < -0.3 is 16.0 Å². The molecule has 1 fully saturated rings. The lowest BCUT2D eigenvalue weighted by Crippen LogP contribution is -2.62. The van der Waals surface area contributed by atoms with Crippen LogP contribution in [0.5, 0.6) is 0 Å². The first-order valence-electron chi connectivity index (χ1n) is 5.48. The minimum atomic E-state index is -5.14. The van der Waals surface area contributed by atoms with Gasteiger partial charge in [-0.2, -0.15) is 26.3 Å². The molecule has 0 aromatic carbocycles. The summed E-state index contributed by atoms with van der Waals surface area (Å²) in [6, 6.07) is -2.50. The molecule has 2 atom stereocenters. The lowest BCUT2D eigenvalue weighted by atomic mass is 10.0. The van der Waals surface area contributed by atoms with Gasteiger partial charge >= 0.3 is 24.2 Å². The number of nitrogens with one attached hydrogen (secondary N) is 3. The molecule has 116 valence electrons. The molecule has 2 unspecified atom stereocenters. The van der Waals surface area contributed by atoms with Gasteiger partial charge in [0.05, 0.1) is 12.1 Å². The number of carbonyl (C=O) groups is 2. The highest BCUT2D eigenvalue weighted by atomic mass is 19.4. The van der Waals surface area contributed by atoms with Crippen molar-refractivity contribution in [2.75, 3.05) is 13.1 Å². The van der Waals surface area contributed by atoms with E-state index in [-0.39, 0.29) is 19.5 Å². The highest BCUT2D eigenvalue weighted by Crippen LogP contribution is 2.18. The topological polar surface area (TPSA) is 70.2 Å². The Morgan fingerprint density at radius 1 is 0.900 bits per heavy atom. The second-order valence-corrected chi connectivity index (χ2v) is 4.15. The molecule has 1 aliphatic rings. The maximum Gasteiger partial charge on any atom is 0.471 e. The summed E-state index contributed by atoms with van der Waals surface area (Å²) >= 11 is 0. The molecule has 1 saturated heterocycles. The predicted molar refractivity (Wildman–Crippen MR) is 53.5 cm³/mol. The average molecular weight is 307 g/mol. The molecule has 11 heteroatoms. The Balaban J connectivity index is 2.68. The molecule has 0 aliphatic carbocycles. The summed E-state index contributed by atoms with van der Waals surface area (Å²) in [5, 5.41) is 5.76. The van der Waals surface area contributed by atoms with E-state index in [0.29, 0.717) is 0 Å². The van der Waals surface area contributed by atoms with Gasteiger partial charge in [0, 0.05) is 6.54 Å². The third-order valence-corrected chi connectivity index (χ3v) is 2.63. The highest BCUT2D eigenvalue weighted by Gasteiger charge is 2.44. The number of hydrogen-bond donors (Lipinski definition) is 3. The summed E-state index contributed by atoms with van der Waals surface area (Å²) in [5.74, 6) is -4.52. The molecule has 1 aliphatic heterocycles. The number of amides is 2. The highest BCUT2D eigenvalue weighted by molar-refractivity contribution is 5.83. The Bertz CT molecular complexity index is 345. The third kappa shape index (κ3) is 4.54.